The second-order valence-electron chi connectivity index (χ2n) is 7.10. The highest BCUT2D eigenvalue weighted by atomic mass is 127. The molecule has 9 heteroatoms. The fourth-order valence-electron chi connectivity index (χ4n) is 3.17. The van der Waals surface area contributed by atoms with Crippen molar-refractivity contribution < 1.29 is 12.8 Å². The van der Waals surface area contributed by atoms with Crippen LogP contribution in [0.1, 0.15) is 24.5 Å². The van der Waals surface area contributed by atoms with Gasteiger partial charge in [-0.2, -0.15) is 0 Å². The van der Waals surface area contributed by atoms with E-state index in [0.29, 0.717) is 17.1 Å². The number of aliphatic imine (C=N–C) groups is 1. The van der Waals surface area contributed by atoms with Crippen molar-refractivity contribution >= 4 is 45.5 Å². The van der Waals surface area contributed by atoms with Crippen LogP contribution in [0.2, 0.25) is 0 Å². The molecular weight excluding hydrogens is 530 g/mol. The minimum Gasteiger partial charge on any atom is -0.372 e. The Morgan fingerprint density at radius 1 is 1.10 bits per heavy atom. The summed E-state index contributed by atoms with van der Waals surface area (Å²) in [6.07, 6.45) is 2.09. The molecule has 0 aliphatic carbocycles. The van der Waals surface area contributed by atoms with E-state index in [1.165, 1.54) is 30.1 Å². The molecule has 2 aromatic carbocycles. The number of nitrogens with one attached hydrogen (secondary N) is 2. The Labute approximate surface area is 202 Å². The molecule has 2 aromatic rings. The van der Waals surface area contributed by atoms with Crippen LogP contribution in [0.25, 0.3) is 0 Å². The smallest absolute Gasteiger partial charge is 0.191 e. The molecule has 0 fully saturated rings. The second kappa shape index (κ2) is 13.5. The van der Waals surface area contributed by atoms with Gasteiger partial charge >= 0.3 is 0 Å². The molecule has 0 radical (unpaired) electrons. The molecule has 0 spiro atoms. The summed E-state index contributed by atoms with van der Waals surface area (Å²) < 4.78 is 36.9. The fraction of sp³-hybridized carbons (Fsp3) is 0.409. The van der Waals surface area contributed by atoms with Crippen molar-refractivity contribution in [1.82, 2.24) is 10.6 Å². The van der Waals surface area contributed by atoms with Gasteiger partial charge in [0.25, 0.3) is 0 Å². The number of nitrogens with zero attached hydrogens (tertiary/aromatic N) is 2. The van der Waals surface area contributed by atoms with Gasteiger partial charge in [-0.15, -0.1) is 24.0 Å². The Hall–Kier alpha value is -1.88. The number of guanidine groups is 1. The molecule has 0 atom stereocenters. The lowest BCUT2D eigenvalue weighted by atomic mass is 10.1. The van der Waals surface area contributed by atoms with E-state index in [4.69, 9.17) is 0 Å². The van der Waals surface area contributed by atoms with Crippen molar-refractivity contribution in [3.8, 4) is 0 Å². The molecular formula is C22H32FIN4O2S. The second-order valence-corrected chi connectivity index (χ2v) is 9.24. The van der Waals surface area contributed by atoms with Gasteiger partial charge < -0.3 is 15.5 Å². The number of anilines is 1. The SMILES string of the molecule is CCN(CCCNC(=NC)NCc1cc(F)ccc1CS(C)(=O)=O)c1ccccc1.I. The zero-order valence-electron chi connectivity index (χ0n) is 18.3. The number of hydrogen-bond acceptors (Lipinski definition) is 4. The summed E-state index contributed by atoms with van der Waals surface area (Å²) >= 11 is 0. The average molecular weight is 562 g/mol. The minimum absolute atomic E-state index is 0. The first-order chi connectivity index (χ1) is 14.3. The summed E-state index contributed by atoms with van der Waals surface area (Å²) in [4.78, 5) is 6.50. The van der Waals surface area contributed by atoms with E-state index in [0.717, 1.165) is 26.1 Å². The highest BCUT2D eigenvalue weighted by molar-refractivity contribution is 14.0. The monoisotopic (exact) mass is 562 g/mol. The molecule has 2 rings (SSSR count). The van der Waals surface area contributed by atoms with Crippen molar-refractivity contribution in [3.63, 3.8) is 0 Å². The summed E-state index contributed by atoms with van der Waals surface area (Å²) in [5.41, 5.74) is 2.39. The molecule has 0 amide bonds. The Morgan fingerprint density at radius 3 is 2.42 bits per heavy atom. The third-order valence-corrected chi connectivity index (χ3v) is 5.49. The Bertz CT molecular complexity index is 940. The Morgan fingerprint density at radius 2 is 1.81 bits per heavy atom. The van der Waals surface area contributed by atoms with E-state index in [-0.39, 0.29) is 36.3 Å². The first kappa shape index (κ1) is 27.2. The van der Waals surface area contributed by atoms with Gasteiger partial charge in [0.05, 0.1) is 5.75 Å². The first-order valence-electron chi connectivity index (χ1n) is 10.0. The zero-order valence-corrected chi connectivity index (χ0v) is 21.4. The van der Waals surface area contributed by atoms with Crippen LogP contribution in [0.4, 0.5) is 10.1 Å². The number of para-hydroxylation sites is 1. The average Bonchev–Trinajstić information content (AvgIpc) is 2.71. The van der Waals surface area contributed by atoms with Gasteiger partial charge in [0.1, 0.15) is 5.82 Å². The van der Waals surface area contributed by atoms with Gasteiger partial charge in [0, 0.05) is 45.2 Å². The molecule has 31 heavy (non-hydrogen) atoms. The van der Waals surface area contributed by atoms with Crippen LogP contribution in [0.3, 0.4) is 0 Å². The van der Waals surface area contributed by atoms with E-state index in [1.807, 2.05) is 18.2 Å². The van der Waals surface area contributed by atoms with Gasteiger partial charge in [-0.1, -0.05) is 24.3 Å². The summed E-state index contributed by atoms with van der Waals surface area (Å²) in [7, 11) is -1.54. The van der Waals surface area contributed by atoms with Crippen LogP contribution in [0.5, 0.6) is 0 Å². The number of rotatable bonds is 10. The third-order valence-electron chi connectivity index (χ3n) is 4.66. The maximum Gasteiger partial charge on any atom is 0.191 e. The van der Waals surface area contributed by atoms with Gasteiger partial charge in [0.2, 0.25) is 0 Å². The molecule has 0 heterocycles. The lowest BCUT2D eigenvalue weighted by Crippen LogP contribution is -2.38. The van der Waals surface area contributed by atoms with Crippen molar-refractivity contribution in [2.75, 3.05) is 37.8 Å². The quantitative estimate of drug-likeness (QED) is 0.201. The van der Waals surface area contributed by atoms with E-state index in [1.54, 1.807) is 7.05 Å². The fourth-order valence-corrected chi connectivity index (χ4v) is 4.01. The lowest BCUT2D eigenvalue weighted by Gasteiger charge is -2.23. The minimum atomic E-state index is -3.21. The summed E-state index contributed by atoms with van der Waals surface area (Å²) in [5, 5.41) is 6.39. The normalized spacial score (nSPS) is 11.5. The van der Waals surface area contributed by atoms with Crippen LogP contribution in [-0.2, 0) is 22.1 Å². The molecule has 0 aromatic heterocycles. The molecule has 0 unspecified atom stereocenters. The molecule has 0 saturated carbocycles. The predicted molar refractivity (Wildman–Crippen MR) is 138 cm³/mol. The molecule has 172 valence electrons. The van der Waals surface area contributed by atoms with Crippen molar-refractivity contribution in [2.45, 2.75) is 25.6 Å². The van der Waals surface area contributed by atoms with Crippen LogP contribution < -0.4 is 15.5 Å². The first-order valence-corrected chi connectivity index (χ1v) is 12.1. The van der Waals surface area contributed by atoms with Crippen molar-refractivity contribution in [2.24, 2.45) is 4.99 Å². The number of halogens is 2. The van der Waals surface area contributed by atoms with Crippen LogP contribution >= 0.6 is 24.0 Å². The third kappa shape index (κ3) is 9.86. The van der Waals surface area contributed by atoms with Crippen molar-refractivity contribution in [3.05, 3.63) is 65.5 Å². The predicted octanol–water partition coefficient (Wildman–Crippen LogP) is 3.57. The summed E-state index contributed by atoms with van der Waals surface area (Å²) in [6, 6.07) is 14.4. The highest BCUT2D eigenvalue weighted by Gasteiger charge is 2.11. The molecule has 0 aliphatic rings. The maximum atomic E-state index is 13.7. The molecule has 0 bridgehead atoms. The molecule has 6 nitrogen and oxygen atoms in total. The lowest BCUT2D eigenvalue weighted by molar-refractivity contribution is 0.599. The largest absolute Gasteiger partial charge is 0.372 e. The van der Waals surface area contributed by atoms with E-state index < -0.39 is 15.7 Å². The molecule has 0 aliphatic heterocycles. The number of sulfone groups is 1. The Balaban J connectivity index is 0.00000480. The highest BCUT2D eigenvalue weighted by Crippen LogP contribution is 2.15. The molecule has 2 N–H and O–H groups in total. The topological polar surface area (TPSA) is 73.8 Å². The van der Waals surface area contributed by atoms with E-state index in [9.17, 15) is 12.8 Å². The summed E-state index contributed by atoms with van der Waals surface area (Å²) in [5.74, 6) is 0.0720. The summed E-state index contributed by atoms with van der Waals surface area (Å²) in [6.45, 7) is 4.98. The number of benzene rings is 2. The van der Waals surface area contributed by atoms with Gasteiger partial charge in [-0.3, -0.25) is 4.99 Å². The zero-order chi connectivity index (χ0) is 22.0. The van der Waals surface area contributed by atoms with Crippen LogP contribution in [0, 0.1) is 5.82 Å². The maximum absolute atomic E-state index is 13.7. The van der Waals surface area contributed by atoms with E-state index >= 15 is 0 Å². The Kier molecular flexibility index (Phi) is 11.8. The van der Waals surface area contributed by atoms with Crippen LogP contribution in [-0.4, -0.2) is 47.3 Å². The van der Waals surface area contributed by atoms with Gasteiger partial charge in [-0.25, -0.2) is 12.8 Å². The van der Waals surface area contributed by atoms with Crippen molar-refractivity contribution in [1.29, 1.82) is 0 Å². The standard InChI is InChI=1S/C22H31FN4O2S.HI/c1-4-27(21-9-6-5-7-10-21)14-8-13-25-22(24-2)26-16-19-15-20(23)12-11-18(19)17-30(3,28)29;/h5-7,9-12,15H,4,8,13-14,16-17H2,1-3H3,(H2,24,25,26);1H. The van der Waals surface area contributed by atoms with Crippen LogP contribution in [0.15, 0.2) is 53.5 Å². The van der Waals surface area contributed by atoms with E-state index in [2.05, 4.69) is 39.6 Å². The molecule has 0 saturated heterocycles. The van der Waals surface area contributed by atoms with Gasteiger partial charge in [-0.05, 0) is 48.7 Å². The number of hydrogen-bond donors (Lipinski definition) is 2. The van der Waals surface area contributed by atoms with Gasteiger partial charge in [0.15, 0.2) is 15.8 Å².